The van der Waals surface area contributed by atoms with Gasteiger partial charge < -0.3 is 4.74 Å². The summed E-state index contributed by atoms with van der Waals surface area (Å²) in [5, 5.41) is 0. The first-order valence-corrected chi connectivity index (χ1v) is 10.1. The van der Waals surface area contributed by atoms with Crippen LogP contribution >= 0.6 is 0 Å². The molecule has 2 aromatic carbocycles. The minimum absolute atomic E-state index is 0.166. The summed E-state index contributed by atoms with van der Waals surface area (Å²) in [6.07, 6.45) is 10.7. The second kappa shape index (κ2) is 7.95. The third kappa shape index (κ3) is 3.49. The summed E-state index contributed by atoms with van der Waals surface area (Å²) in [4.78, 5) is 0. The number of aryl methyl sites for hydroxylation is 1. The Labute approximate surface area is 157 Å². The average molecular weight is 344 g/mol. The second-order valence-corrected chi connectivity index (χ2v) is 7.40. The van der Waals surface area contributed by atoms with Gasteiger partial charge in [0.1, 0.15) is 11.9 Å². The summed E-state index contributed by atoms with van der Waals surface area (Å²) in [5.41, 5.74) is 6.97. The van der Waals surface area contributed by atoms with Crippen LogP contribution in [0, 0.1) is 0 Å². The van der Waals surface area contributed by atoms with Crippen molar-refractivity contribution in [1.29, 1.82) is 0 Å². The molecule has 1 atom stereocenters. The second-order valence-electron chi connectivity index (χ2n) is 7.40. The van der Waals surface area contributed by atoms with Crippen molar-refractivity contribution in [3.8, 4) is 0 Å². The quantitative estimate of drug-likeness (QED) is 0.542. The van der Waals surface area contributed by atoms with Gasteiger partial charge in [-0.25, -0.2) is 0 Å². The SMILES string of the molecule is CCC/C=C1\c2ccccc2CCC1OC(=C1CCC1)c1ccccc1. The molecule has 0 spiro atoms. The van der Waals surface area contributed by atoms with Crippen LogP contribution in [0.3, 0.4) is 0 Å². The maximum Gasteiger partial charge on any atom is 0.126 e. The molecule has 1 nitrogen and oxygen atoms in total. The lowest BCUT2D eigenvalue weighted by atomic mass is 9.84. The molecule has 0 radical (unpaired) electrons. The van der Waals surface area contributed by atoms with E-state index in [9.17, 15) is 0 Å². The molecule has 0 heterocycles. The van der Waals surface area contributed by atoms with Crippen LogP contribution in [0.5, 0.6) is 0 Å². The average Bonchev–Trinajstić information content (AvgIpc) is 2.65. The van der Waals surface area contributed by atoms with E-state index >= 15 is 0 Å². The van der Waals surface area contributed by atoms with Crippen LogP contribution in [0.2, 0.25) is 0 Å². The fraction of sp³-hybridized carbons (Fsp3) is 0.360. The minimum Gasteiger partial charge on any atom is -0.485 e. The Hall–Kier alpha value is -2.28. The summed E-state index contributed by atoms with van der Waals surface area (Å²) >= 11 is 0. The molecule has 0 aliphatic heterocycles. The highest BCUT2D eigenvalue weighted by atomic mass is 16.5. The van der Waals surface area contributed by atoms with E-state index in [1.807, 2.05) is 0 Å². The number of rotatable bonds is 5. The van der Waals surface area contributed by atoms with E-state index in [2.05, 4.69) is 67.6 Å². The summed E-state index contributed by atoms with van der Waals surface area (Å²) < 4.78 is 6.76. The Balaban J connectivity index is 1.67. The van der Waals surface area contributed by atoms with Gasteiger partial charge in [0, 0.05) is 5.56 Å². The number of ether oxygens (including phenoxy) is 1. The van der Waals surface area contributed by atoms with E-state index in [1.165, 1.54) is 53.5 Å². The Morgan fingerprint density at radius 2 is 1.77 bits per heavy atom. The van der Waals surface area contributed by atoms with Gasteiger partial charge in [0.15, 0.2) is 0 Å². The van der Waals surface area contributed by atoms with Crippen LogP contribution in [-0.4, -0.2) is 6.10 Å². The van der Waals surface area contributed by atoms with Crippen molar-refractivity contribution in [3.05, 3.63) is 82.9 Å². The number of unbranched alkanes of at least 4 members (excludes halogenated alkanes) is 1. The molecule has 2 aromatic rings. The predicted molar refractivity (Wildman–Crippen MR) is 110 cm³/mol. The van der Waals surface area contributed by atoms with E-state index in [0.29, 0.717) is 0 Å². The van der Waals surface area contributed by atoms with Crippen LogP contribution in [0.4, 0.5) is 0 Å². The maximum atomic E-state index is 6.76. The third-order valence-electron chi connectivity index (χ3n) is 5.58. The zero-order chi connectivity index (χ0) is 17.8. The van der Waals surface area contributed by atoms with Crippen molar-refractivity contribution in [1.82, 2.24) is 0 Å². The highest BCUT2D eigenvalue weighted by Gasteiger charge is 2.27. The van der Waals surface area contributed by atoms with E-state index in [4.69, 9.17) is 4.74 Å². The number of benzene rings is 2. The number of hydrogen-bond acceptors (Lipinski definition) is 1. The van der Waals surface area contributed by atoms with Gasteiger partial charge >= 0.3 is 0 Å². The van der Waals surface area contributed by atoms with E-state index in [-0.39, 0.29) is 6.10 Å². The van der Waals surface area contributed by atoms with Crippen molar-refractivity contribution in [2.75, 3.05) is 0 Å². The van der Waals surface area contributed by atoms with Crippen molar-refractivity contribution in [2.45, 2.75) is 58.0 Å². The first-order chi connectivity index (χ1) is 12.9. The predicted octanol–water partition coefficient (Wildman–Crippen LogP) is 6.80. The molecular formula is C25H28O. The molecule has 0 N–H and O–H groups in total. The number of hydrogen-bond donors (Lipinski definition) is 0. The lowest BCUT2D eigenvalue weighted by Gasteiger charge is -2.32. The monoisotopic (exact) mass is 344 g/mol. The lowest BCUT2D eigenvalue weighted by Crippen LogP contribution is -2.22. The van der Waals surface area contributed by atoms with Gasteiger partial charge in [-0.05, 0) is 60.8 Å². The van der Waals surface area contributed by atoms with Gasteiger partial charge in [0.25, 0.3) is 0 Å². The summed E-state index contributed by atoms with van der Waals surface area (Å²) in [7, 11) is 0. The molecule has 2 aliphatic rings. The van der Waals surface area contributed by atoms with Crippen LogP contribution in [-0.2, 0) is 11.2 Å². The van der Waals surface area contributed by atoms with Crippen LogP contribution in [0.25, 0.3) is 11.3 Å². The molecule has 1 unspecified atom stereocenters. The van der Waals surface area contributed by atoms with Gasteiger partial charge in [-0.2, -0.15) is 0 Å². The van der Waals surface area contributed by atoms with Crippen LogP contribution in [0.15, 0.2) is 66.2 Å². The van der Waals surface area contributed by atoms with Gasteiger partial charge in [-0.3, -0.25) is 0 Å². The number of allylic oxidation sites excluding steroid dienone is 2. The molecule has 1 heteroatoms. The van der Waals surface area contributed by atoms with E-state index in [0.717, 1.165) is 25.0 Å². The van der Waals surface area contributed by atoms with Gasteiger partial charge in [-0.1, -0.05) is 74.0 Å². The Bertz CT molecular complexity index is 807. The zero-order valence-corrected chi connectivity index (χ0v) is 15.7. The highest BCUT2D eigenvalue weighted by Crippen LogP contribution is 2.40. The van der Waals surface area contributed by atoms with Gasteiger partial charge in [0.2, 0.25) is 0 Å². The van der Waals surface area contributed by atoms with E-state index in [1.54, 1.807) is 0 Å². The molecule has 1 saturated carbocycles. The first kappa shape index (κ1) is 17.1. The molecule has 0 amide bonds. The fourth-order valence-electron chi connectivity index (χ4n) is 3.97. The normalized spacial score (nSPS) is 20.4. The van der Waals surface area contributed by atoms with Crippen molar-refractivity contribution < 1.29 is 4.74 Å². The van der Waals surface area contributed by atoms with Crippen LogP contribution < -0.4 is 0 Å². The maximum absolute atomic E-state index is 6.76. The molecule has 2 aliphatic carbocycles. The standard InChI is InChI=1S/C25H28O/c1-2-3-15-23-22-16-8-7-10-19(22)17-18-24(23)26-25(21-13-9-14-21)20-11-5-4-6-12-20/h4-8,10-12,15-16,24H,2-3,9,13-14,17-18H2,1H3/b23-15+. The molecule has 134 valence electrons. The largest absolute Gasteiger partial charge is 0.485 e. The molecular weight excluding hydrogens is 316 g/mol. The molecule has 4 rings (SSSR count). The molecule has 26 heavy (non-hydrogen) atoms. The van der Waals surface area contributed by atoms with Gasteiger partial charge in [-0.15, -0.1) is 0 Å². The first-order valence-electron chi connectivity index (χ1n) is 10.1. The summed E-state index contributed by atoms with van der Waals surface area (Å²) in [6.45, 7) is 2.24. The molecule has 0 aromatic heterocycles. The molecule has 0 saturated heterocycles. The minimum atomic E-state index is 0.166. The summed E-state index contributed by atoms with van der Waals surface area (Å²) in [6, 6.07) is 19.5. The Morgan fingerprint density at radius 1 is 1.00 bits per heavy atom. The fourth-order valence-corrected chi connectivity index (χ4v) is 3.97. The summed E-state index contributed by atoms with van der Waals surface area (Å²) in [5.74, 6) is 1.14. The highest BCUT2D eigenvalue weighted by molar-refractivity contribution is 5.75. The van der Waals surface area contributed by atoms with Crippen molar-refractivity contribution in [2.24, 2.45) is 0 Å². The van der Waals surface area contributed by atoms with E-state index < -0.39 is 0 Å². The Kier molecular flexibility index (Phi) is 5.24. The topological polar surface area (TPSA) is 9.23 Å². The molecule has 0 bridgehead atoms. The smallest absolute Gasteiger partial charge is 0.126 e. The van der Waals surface area contributed by atoms with Crippen LogP contribution in [0.1, 0.15) is 62.1 Å². The zero-order valence-electron chi connectivity index (χ0n) is 15.7. The Morgan fingerprint density at radius 3 is 2.50 bits per heavy atom. The van der Waals surface area contributed by atoms with Crippen molar-refractivity contribution >= 4 is 11.3 Å². The van der Waals surface area contributed by atoms with Crippen molar-refractivity contribution in [3.63, 3.8) is 0 Å². The lowest BCUT2D eigenvalue weighted by molar-refractivity contribution is 0.202. The van der Waals surface area contributed by atoms with Gasteiger partial charge in [0.05, 0.1) is 0 Å². The third-order valence-corrected chi connectivity index (χ3v) is 5.58. The molecule has 1 fully saturated rings. The number of fused-ring (bicyclic) bond motifs is 1.